The van der Waals surface area contributed by atoms with Gasteiger partial charge in [0.1, 0.15) is 0 Å². The molecular formula is C18H23F3N2S. The second-order valence-electron chi connectivity index (χ2n) is 5.78. The zero-order valence-electron chi connectivity index (χ0n) is 14.1. The van der Waals surface area contributed by atoms with Crippen molar-refractivity contribution in [3.63, 3.8) is 0 Å². The highest BCUT2D eigenvalue weighted by molar-refractivity contribution is 7.80. The van der Waals surface area contributed by atoms with Gasteiger partial charge in [-0.2, -0.15) is 13.2 Å². The van der Waals surface area contributed by atoms with Crippen LogP contribution in [0.3, 0.4) is 0 Å². The lowest BCUT2D eigenvalue weighted by Crippen LogP contribution is -2.28. The van der Waals surface area contributed by atoms with Gasteiger partial charge in [-0.1, -0.05) is 23.3 Å². The van der Waals surface area contributed by atoms with Crippen molar-refractivity contribution in [1.82, 2.24) is 5.32 Å². The Kier molecular flexibility index (Phi) is 7.98. The van der Waals surface area contributed by atoms with E-state index in [1.165, 1.54) is 23.3 Å². The molecule has 24 heavy (non-hydrogen) atoms. The van der Waals surface area contributed by atoms with Gasteiger partial charge < -0.3 is 10.6 Å². The Bertz CT molecular complexity index is 598. The predicted octanol–water partition coefficient (Wildman–Crippen LogP) is 5.68. The van der Waals surface area contributed by atoms with E-state index in [2.05, 4.69) is 43.6 Å². The summed E-state index contributed by atoms with van der Waals surface area (Å²) in [6.45, 7) is 6.79. The molecule has 0 bridgehead atoms. The van der Waals surface area contributed by atoms with E-state index in [9.17, 15) is 13.2 Å². The summed E-state index contributed by atoms with van der Waals surface area (Å²) in [7, 11) is 0. The molecule has 0 radical (unpaired) electrons. The number of alkyl halides is 3. The molecule has 0 saturated heterocycles. The molecule has 0 aromatic heterocycles. The first-order valence-electron chi connectivity index (χ1n) is 7.69. The van der Waals surface area contributed by atoms with Gasteiger partial charge in [-0.25, -0.2) is 0 Å². The van der Waals surface area contributed by atoms with Crippen molar-refractivity contribution in [2.75, 3.05) is 11.9 Å². The molecule has 2 N–H and O–H groups in total. The topological polar surface area (TPSA) is 24.1 Å². The predicted molar refractivity (Wildman–Crippen MR) is 98.1 cm³/mol. The lowest BCUT2D eigenvalue weighted by Gasteiger charge is -2.11. The van der Waals surface area contributed by atoms with E-state index < -0.39 is 11.7 Å². The lowest BCUT2D eigenvalue weighted by atomic mass is 10.1. The maximum atomic E-state index is 12.5. The highest BCUT2D eigenvalue weighted by atomic mass is 32.1. The third-order valence-corrected chi connectivity index (χ3v) is 3.52. The van der Waals surface area contributed by atoms with Crippen molar-refractivity contribution in [3.05, 3.63) is 53.1 Å². The van der Waals surface area contributed by atoms with E-state index in [-0.39, 0.29) is 0 Å². The average molecular weight is 356 g/mol. The smallest absolute Gasteiger partial charge is 0.359 e. The highest BCUT2D eigenvalue weighted by Crippen LogP contribution is 2.29. The lowest BCUT2D eigenvalue weighted by molar-refractivity contribution is -0.137. The summed E-state index contributed by atoms with van der Waals surface area (Å²) in [5.41, 5.74) is 2.41. The molecule has 0 aliphatic carbocycles. The maximum Gasteiger partial charge on any atom is 0.416 e. The summed E-state index contributed by atoms with van der Waals surface area (Å²) in [6.07, 6.45) is 1.93. The Morgan fingerprint density at radius 3 is 2.25 bits per heavy atom. The zero-order chi connectivity index (χ0) is 18.2. The number of hydrogen-bond donors (Lipinski definition) is 2. The minimum Gasteiger partial charge on any atom is -0.359 e. The van der Waals surface area contributed by atoms with E-state index in [4.69, 9.17) is 12.2 Å². The first kappa shape index (κ1) is 20.2. The van der Waals surface area contributed by atoms with E-state index in [0.717, 1.165) is 25.0 Å². The number of benzene rings is 1. The van der Waals surface area contributed by atoms with E-state index in [1.54, 1.807) is 0 Å². The molecule has 0 saturated carbocycles. The van der Waals surface area contributed by atoms with Crippen molar-refractivity contribution >= 4 is 23.0 Å². The standard InChI is InChI=1S/C18H23F3N2S/c1-13(2)5-4-6-14(3)11-12-22-17(24)23-16-9-7-15(8-10-16)18(19,20)21/h5,7-11H,4,6,12H2,1-3H3,(H2,22,23,24)/b14-11+. The van der Waals surface area contributed by atoms with E-state index in [0.29, 0.717) is 17.3 Å². The fraction of sp³-hybridized carbons (Fsp3) is 0.389. The molecule has 2 nitrogen and oxygen atoms in total. The van der Waals surface area contributed by atoms with Crippen LogP contribution >= 0.6 is 12.2 Å². The van der Waals surface area contributed by atoms with Crippen molar-refractivity contribution in [3.8, 4) is 0 Å². The van der Waals surface area contributed by atoms with Crippen LogP contribution in [0.15, 0.2) is 47.6 Å². The quantitative estimate of drug-likeness (QED) is 0.506. The molecule has 1 aromatic rings. The molecule has 0 heterocycles. The summed E-state index contributed by atoms with van der Waals surface area (Å²) in [6, 6.07) is 4.77. The molecule has 132 valence electrons. The largest absolute Gasteiger partial charge is 0.416 e. The molecule has 6 heteroatoms. The molecule has 0 aliphatic rings. The fourth-order valence-corrected chi connectivity index (χ4v) is 2.13. The summed E-state index contributed by atoms with van der Waals surface area (Å²) >= 11 is 5.13. The van der Waals surface area contributed by atoms with Crippen LogP contribution in [0.1, 0.15) is 39.2 Å². The number of anilines is 1. The van der Waals surface area contributed by atoms with E-state index in [1.807, 2.05) is 0 Å². The van der Waals surface area contributed by atoms with Crippen molar-refractivity contribution in [2.45, 2.75) is 39.8 Å². The molecular weight excluding hydrogens is 333 g/mol. The van der Waals surface area contributed by atoms with Gasteiger partial charge in [0.25, 0.3) is 0 Å². The number of thiocarbonyl (C=S) groups is 1. The van der Waals surface area contributed by atoms with Crippen molar-refractivity contribution < 1.29 is 13.2 Å². The Morgan fingerprint density at radius 1 is 1.08 bits per heavy atom. The monoisotopic (exact) mass is 356 g/mol. The molecule has 1 rings (SSSR count). The Labute approximate surface area is 146 Å². The minimum absolute atomic E-state index is 0.378. The van der Waals surface area contributed by atoms with Crippen LogP contribution < -0.4 is 10.6 Å². The van der Waals surface area contributed by atoms with Crippen LogP contribution in [0.5, 0.6) is 0 Å². The summed E-state index contributed by atoms with van der Waals surface area (Å²) in [4.78, 5) is 0. The first-order chi connectivity index (χ1) is 11.2. The van der Waals surface area contributed by atoms with Gasteiger partial charge in [-0.3, -0.25) is 0 Å². The van der Waals surface area contributed by atoms with E-state index >= 15 is 0 Å². The van der Waals surface area contributed by atoms with Crippen LogP contribution in [0.25, 0.3) is 0 Å². The molecule has 1 aromatic carbocycles. The Hall–Kier alpha value is -1.82. The van der Waals surface area contributed by atoms with Crippen LogP contribution in [0.2, 0.25) is 0 Å². The van der Waals surface area contributed by atoms with Crippen LogP contribution in [-0.4, -0.2) is 11.7 Å². The van der Waals surface area contributed by atoms with Crippen molar-refractivity contribution in [2.24, 2.45) is 0 Å². The molecule has 0 atom stereocenters. The Balaban J connectivity index is 2.40. The normalized spacial score (nSPS) is 11.8. The number of allylic oxidation sites excluding steroid dienone is 3. The minimum atomic E-state index is -4.33. The van der Waals surface area contributed by atoms with Gasteiger partial charge in [0.05, 0.1) is 5.56 Å². The second kappa shape index (κ2) is 9.47. The molecule has 0 amide bonds. The summed E-state index contributed by atoms with van der Waals surface area (Å²) < 4.78 is 37.5. The number of rotatable bonds is 6. The SMILES string of the molecule is CC(C)=CCC/C(C)=C/CNC(=S)Nc1ccc(C(F)(F)F)cc1. The average Bonchev–Trinajstić information content (AvgIpc) is 2.46. The number of nitrogens with one attached hydrogen (secondary N) is 2. The third-order valence-electron chi connectivity index (χ3n) is 3.27. The summed E-state index contributed by atoms with van der Waals surface area (Å²) in [5.74, 6) is 0. The molecule has 0 aliphatic heterocycles. The fourth-order valence-electron chi connectivity index (χ4n) is 1.93. The van der Waals surface area contributed by atoms with Gasteiger partial charge in [-0.15, -0.1) is 0 Å². The highest BCUT2D eigenvalue weighted by Gasteiger charge is 2.29. The first-order valence-corrected chi connectivity index (χ1v) is 8.10. The van der Waals surface area contributed by atoms with Crippen molar-refractivity contribution in [1.29, 1.82) is 0 Å². The van der Waals surface area contributed by atoms with Gasteiger partial charge >= 0.3 is 6.18 Å². The van der Waals surface area contributed by atoms with Crippen LogP contribution in [-0.2, 0) is 6.18 Å². The molecule has 0 unspecified atom stereocenters. The van der Waals surface area contributed by atoms with Crippen LogP contribution in [0, 0.1) is 0 Å². The van der Waals surface area contributed by atoms with Gasteiger partial charge in [0.2, 0.25) is 0 Å². The summed E-state index contributed by atoms with van der Waals surface area (Å²) in [5, 5.41) is 6.26. The Morgan fingerprint density at radius 2 is 1.71 bits per heavy atom. The number of halogens is 3. The number of hydrogen-bond acceptors (Lipinski definition) is 1. The van der Waals surface area contributed by atoms with Gasteiger partial charge in [0, 0.05) is 12.2 Å². The third kappa shape index (κ3) is 8.15. The molecule has 0 fully saturated rings. The maximum absolute atomic E-state index is 12.5. The van der Waals surface area contributed by atoms with Gasteiger partial charge in [0.15, 0.2) is 5.11 Å². The zero-order valence-corrected chi connectivity index (χ0v) is 14.9. The van der Waals surface area contributed by atoms with Gasteiger partial charge in [-0.05, 0) is 70.1 Å². The second-order valence-corrected chi connectivity index (χ2v) is 6.19. The van der Waals surface area contributed by atoms with Crippen LogP contribution in [0.4, 0.5) is 18.9 Å². The molecule has 0 spiro atoms.